The van der Waals surface area contributed by atoms with E-state index in [1.54, 1.807) is 18.2 Å². The molecule has 0 saturated carbocycles. The van der Waals surface area contributed by atoms with Crippen molar-refractivity contribution in [1.82, 2.24) is 5.32 Å². The monoisotopic (exact) mass is 281 g/mol. The van der Waals surface area contributed by atoms with E-state index in [9.17, 15) is 4.79 Å². The molecule has 0 atom stereocenters. The first-order valence-electron chi connectivity index (χ1n) is 3.47. The minimum absolute atomic E-state index is 0.251. The SMILES string of the molecule is O=C(Br)NCc1ccc(Cl)c(Cl)c1. The summed E-state index contributed by atoms with van der Waals surface area (Å²) < 4.78 is 0. The minimum atomic E-state index is -0.251. The van der Waals surface area contributed by atoms with Crippen molar-refractivity contribution in [2.45, 2.75) is 6.54 Å². The second-order valence-corrected chi connectivity index (χ2v) is 3.91. The van der Waals surface area contributed by atoms with E-state index in [4.69, 9.17) is 23.2 Å². The Morgan fingerprint density at radius 3 is 2.62 bits per heavy atom. The summed E-state index contributed by atoms with van der Waals surface area (Å²) in [7, 11) is 0. The van der Waals surface area contributed by atoms with Crippen LogP contribution in [0.1, 0.15) is 5.56 Å². The molecule has 2 nitrogen and oxygen atoms in total. The van der Waals surface area contributed by atoms with E-state index in [0.29, 0.717) is 16.6 Å². The molecule has 0 fully saturated rings. The number of nitrogens with one attached hydrogen (secondary N) is 1. The van der Waals surface area contributed by atoms with Crippen LogP contribution in [-0.4, -0.2) is 4.82 Å². The number of carbonyl (C=O) groups excluding carboxylic acids is 1. The third kappa shape index (κ3) is 3.55. The van der Waals surface area contributed by atoms with Crippen LogP contribution in [0.3, 0.4) is 0 Å². The Morgan fingerprint density at radius 1 is 1.38 bits per heavy atom. The summed E-state index contributed by atoms with van der Waals surface area (Å²) in [6.07, 6.45) is 0. The first-order chi connectivity index (χ1) is 6.09. The second-order valence-electron chi connectivity index (χ2n) is 2.38. The molecule has 0 aliphatic rings. The molecule has 5 heteroatoms. The zero-order chi connectivity index (χ0) is 9.84. The molecule has 0 saturated heterocycles. The molecule has 0 heterocycles. The summed E-state index contributed by atoms with van der Waals surface area (Å²) in [5.41, 5.74) is 0.905. The van der Waals surface area contributed by atoms with Crippen LogP contribution in [0.4, 0.5) is 4.79 Å². The Bertz CT molecular complexity index is 330. The van der Waals surface area contributed by atoms with Crippen molar-refractivity contribution in [3.8, 4) is 0 Å². The van der Waals surface area contributed by atoms with Gasteiger partial charge in [0.05, 0.1) is 10.0 Å². The van der Waals surface area contributed by atoms with Crippen LogP contribution in [0.15, 0.2) is 18.2 Å². The van der Waals surface area contributed by atoms with Gasteiger partial charge in [-0.25, -0.2) is 0 Å². The summed E-state index contributed by atoms with van der Waals surface area (Å²) in [5, 5.41) is 3.58. The van der Waals surface area contributed by atoms with E-state index in [1.165, 1.54) is 0 Å². The molecule has 0 spiro atoms. The third-order valence-corrected chi connectivity index (χ3v) is 2.43. The molecule has 0 aromatic heterocycles. The quantitative estimate of drug-likeness (QED) is 0.652. The summed E-state index contributed by atoms with van der Waals surface area (Å²) in [5.74, 6) is 0. The molecule has 70 valence electrons. The fraction of sp³-hybridized carbons (Fsp3) is 0.125. The highest BCUT2D eigenvalue weighted by molar-refractivity contribution is 9.18. The van der Waals surface area contributed by atoms with Crippen molar-refractivity contribution >= 4 is 43.9 Å². The Balaban J connectivity index is 2.68. The van der Waals surface area contributed by atoms with Crippen molar-refractivity contribution in [2.24, 2.45) is 0 Å². The number of amides is 1. The second kappa shape index (κ2) is 4.84. The number of rotatable bonds is 2. The van der Waals surface area contributed by atoms with Crippen molar-refractivity contribution in [3.63, 3.8) is 0 Å². The molecule has 0 radical (unpaired) electrons. The maximum Gasteiger partial charge on any atom is 0.287 e. The van der Waals surface area contributed by atoms with Gasteiger partial charge in [0.2, 0.25) is 0 Å². The van der Waals surface area contributed by atoms with Crippen molar-refractivity contribution in [1.29, 1.82) is 0 Å². The highest BCUT2D eigenvalue weighted by Gasteiger charge is 2.00. The predicted molar refractivity (Wildman–Crippen MR) is 57.6 cm³/mol. The summed E-state index contributed by atoms with van der Waals surface area (Å²) >= 11 is 14.2. The van der Waals surface area contributed by atoms with Gasteiger partial charge in [0.1, 0.15) is 0 Å². The van der Waals surface area contributed by atoms with Gasteiger partial charge in [-0.2, -0.15) is 0 Å². The molecule has 1 rings (SSSR count). The first-order valence-corrected chi connectivity index (χ1v) is 5.02. The average molecular weight is 283 g/mol. The number of carbonyl (C=O) groups is 1. The van der Waals surface area contributed by atoms with Crippen molar-refractivity contribution in [2.75, 3.05) is 0 Å². The zero-order valence-electron chi connectivity index (χ0n) is 6.48. The van der Waals surface area contributed by atoms with Gasteiger partial charge in [0.25, 0.3) is 4.82 Å². The van der Waals surface area contributed by atoms with E-state index in [2.05, 4.69) is 21.2 Å². The fourth-order valence-electron chi connectivity index (χ4n) is 0.821. The third-order valence-electron chi connectivity index (χ3n) is 1.42. The number of hydrogen-bond acceptors (Lipinski definition) is 1. The van der Waals surface area contributed by atoms with Gasteiger partial charge in [-0.05, 0) is 17.7 Å². The molecular formula is C8H6BrCl2NO. The molecule has 0 aliphatic heterocycles. The lowest BCUT2D eigenvalue weighted by Crippen LogP contribution is -2.14. The van der Waals surface area contributed by atoms with E-state index in [-0.39, 0.29) is 4.82 Å². The zero-order valence-corrected chi connectivity index (χ0v) is 9.58. The van der Waals surface area contributed by atoms with E-state index >= 15 is 0 Å². The Labute approximate surface area is 94.3 Å². The van der Waals surface area contributed by atoms with Crippen molar-refractivity contribution < 1.29 is 4.79 Å². The standard InChI is InChI=1S/C8H6BrCl2NO/c9-8(13)12-4-5-1-2-6(10)7(11)3-5/h1-3H,4H2,(H,12,13). The Morgan fingerprint density at radius 2 is 2.08 bits per heavy atom. The molecule has 1 aromatic carbocycles. The normalized spacial score (nSPS) is 9.77. The molecular weight excluding hydrogens is 277 g/mol. The van der Waals surface area contributed by atoms with Gasteiger partial charge in [-0.3, -0.25) is 4.79 Å². The summed E-state index contributed by atoms with van der Waals surface area (Å²) in [6.45, 7) is 0.432. The molecule has 13 heavy (non-hydrogen) atoms. The highest BCUT2D eigenvalue weighted by Crippen LogP contribution is 2.22. The lowest BCUT2D eigenvalue weighted by molar-refractivity contribution is 0.261. The molecule has 1 aromatic rings. The maximum absolute atomic E-state index is 10.5. The molecule has 0 aliphatic carbocycles. The molecule has 0 unspecified atom stereocenters. The van der Waals surface area contributed by atoms with Crippen LogP contribution in [0, 0.1) is 0 Å². The van der Waals surface area contributed by atoms with Crippen LogP contribution < -0.4 is 5.32 Å². The molecule has 0 bridgehead atoms. The van der Waals surface area contributed by atoms with Crippen LogP contribution in [0.2, 0.25) is 10.0 Å². The Kier molecular flexibility index (Phi) is 4.03. The summed E-state index contributed by atoms with van der Waals surface area (Å²) in [4.78, 5) is 10.3. The largest absolute Gasteiger partial charge is 0.343 e. The Hall–Kier alpha value is -0.250. The first kappa shape index (κ1) is 10.8. The predicted octanol–water partition coefficient (Wildman–Crippen LogP) is 3.60. The van der Waals surface area contributed by atoms with Gasteiger partial charge < -0.3 is 5.32 Å². The topological polar surface area (TPSA) is 29.1 Å². The highest BCUT2D eigenvalue weighted by atomic mass is 79.9. The van der Waals surface area contributed by atoms with Gasteiger partial charge in [0.15, 0.2) is 0 Å². The lowest BCUT2D eigenvalue weighted by Gasteiger charge is -2.02. The van der Waals surface area contributed by atoms with Gasteiger partial charge in [-0.1, -0.05) is 29.3 Å². The average Bonchev–Trinajstić information content (AvgIpc) is 2.07. The molecule has 1 N–H and O–H groups in total. The van der Waals surface area contributed by atoms with E-state index in [0.717, 1.165) is 5.56 Å². The van der Waals surface area contributed by atoms with E-state index in [1.807, 2.05) is 0 Å². The number of hydrogen-bond donors (Lipinski definition) is 1. The number of halogens is 3. The maximum atomic E-state index is 10.5. The number of benzene rings is 1. The minimum Gasteiger partial charge on any atom is -0.343 e. The van der Waals surface area contributed by atoms with Crippen molar-refractivity contribution in [3.05, 3.63) is 33.8 Å². The smallest absolute Gasteiger partial charge is 0.287 e. The van der Waals surface area contributed by atoms with Crippen LogP contribution in [-0.2, 0) is 6.54 Å². The van der Waals surface area contributed by atoms with Crippen LogP contribution in [0.25, 0.3) is 0 Å². The van der Waals surface area contributed by atoms with Gasteiger partial charge >= 0.3 is 0 Å². The van der Waals surface area contributed by atoms with E-state index < -0.39 is 0 Å². The fourth-order valence-corrected chi connectivity index (χ4v) is 1.28. The van der Waals surface area contributed by atoms with Gasteiger partial charge in [-0.15, -0.1) is 0 Å². The summed E-state index contributed by atoms with van der Waals surface area (Å²) in [6, 6.07) is 5.21. The van der Waals surface area contributed by atoms with Crippen LogP contribution >= 0.6 is 39.1 Å². The lowest BCUT2D eigenvalue weighted by atomic mass is 10.2. The molecule has 1 amide bonds. The van der Waals surface area contributed by atoms with Gasteiger partial charge in [0, 0.05) is 22.5 Å². The van der Waals surface area contributed by atoms with Crippen LogP contribution in [0.5, 0.6) is 0 Å².